The van der Waals surface area contributed by atoms with Gasteiger partial charge >= 0.3 is 0 Å². The van der Waals surface area contributed by atoms with Gasteiger partial charge in [-0.15, -0.1) is 23.7 Å². The van der Waals surface area contributed by atoms with Gasteiger partial charge in [-0.1, -0.05) is 26.0 Å². The fraction of sp³-hybridized carbons (Fsp3) is 0.579. The molecule has 0 atom stereocenters. The van der Waals surface area contributed by atoms with Crippen LogP contribution in [0.3, 0.4) is 0 Å². The van der Waals surface area contributed by atoms with E-state index in [0.717, 1.165) is 19.6 Å². The number of hydrogen-bond acceptors (Lipinski definition) is 3. The Labute approximate surface area is 151 Å². The van der Waals surface area contributed by atoms with Gasteiger partial charge in [-0.2, -0.15) is 0 Å². The van der Waals surface area contributed by atoms with Crippen molar-refractivity contribution in [2.24, 2.45) is 0 Å². The van der Waals surface area contributed by atoms with Crippen molar-refractivity contribution in [3.05, 3.63) is 35.2 Å². The second-order valence-corrected chi connectivity index (χ2v) is 6.69. The van der Waals surface area contributed by atoms with E-state index in [0.29, 0.717) is 0 Å². The first-order valence-electron chi connectivity index (χ1n) is 8.59. The molecular weight excluding hydrogens is 326 g/mol. The van der Waals surface area contributed by atoms with Crippen molar-refractivity contribution in [3.63, 3.8) is 0 Å². The molecule has 0 radical (unpaired) electrons. The third-order valence-corrected chi connectivity index (χ3v) is 5.11. The van der Waals surface area contributed by atoms with Gasteiger partial charge in [-0.05, 0) is 73.8 Å². The van der Waals surface area contributed by atoms with E-state index in [-0.39, 0.29) is 12.4 Å². The highest BCUT2D eigenvalue weighted by molar-refractivity contribution is 7.17. The molecule has 0 unspecified atom stereocenters. The van der Waals surface area contributed by atoms with Gasteiger partial charge in [0, 0.05) is 11.3 Å². The maximum atomic E-state index is 5.78. The molecule has 0 aliphatic carbocycles. The Balaban J connectivity index is 0.00000264. The lowest BCUT2D eigenvalue weighted by Crippen LogP contribution is -2.23. The van der Waals surface area contributed by atoms with Crippen molar-refractivity contribution < 1.29 is 4.74 Å². The van der Waals surface area contributed by atoms with Crippen molar-refractivity contribution in [3.8, 4) is 0 Å². The lowest BCUT2D eigenvalue weighted by Gasteiger charge is -2.17. The van der Waals surface area contributed by atoms with Crippen LogP contribution < -0.4 is 0 Å². The second-order valence-electron chi connectivity index (χ2n) is 5.74. The average molecular weight is 356 g/mol. The molecule has 1 aromatic heterocycles. The SMILES string of the molecule is CCN(CC)CCCCCOCCc1ccc2sccc2c1.Cl. The lowest BCUT2D eigenvalue weighted by atomic mass is 10.1. The highest BCUT2D eigenvalue weighted by Crippen LogP contribution is 2.21. The minimum absolute atomic E-state index is 0. The first-order chi connectivity index (χ1) is 10.8. The van der Waals surface area contributed by atoms with E-state index in [1.807, 2.05) is 0 Å². The fourth-order valence-corrected chi connectivity index (χ4v) is 3.49. The molecule has 0 N–H and O–H groups in total. The van der Waals surface area contributed by atoms with Crippen LogP contribution in [-0.2, 0) is 11.2 Å². The van der Waals surface area contributed by atoms with Gasteiger partial charge in [-0.25, -0.2) is 0 Å². The van der Waals surface area contributed by atoms with Crippen molar-refractivity contribution in [2.45, 2.75) is 39.5 Å². The van der Waals surface area contributed by atoms with Gasteiger partial charge in [-0.3, -0.25) is 0 Å². The van der Waals surface area contributed by atoms with Crippen LogP contribution in [0.1, 0.15) is 38.7 Å². The molecule has 0 fully saturated rings. The lowest BCUT2D eigenvalue weighted by molar-refractivity contribution is 0.132. The summed E-state index contributed by atoms with van der Waals surface area (Å²) < 4.78 is 7.15. The van der Waals surface area contributed by atoms with E-state index >= 15 is 0 Å². The molecule has 2 rings (SSSR count). The number of ether oxygens (including phenoxy) is 1. The molecule has 130 valence electrons. The molecule has 1 aromatic carbocycles. The van der Waals surface area contributed by atoms with Gasteiger partial charge in [0.1, 0.15) is 0 Å². The third-order valence-electron chi connectivity index (χ3n) is 4.21. The number of halogens is 1. The molecule has 0 saturated carbocycles. The van der Waals surface area contributed by atoms with E-state index < -0.39 is 0 Å². The largest absolute Gasteiger partial charge is 0.381 e. The monoisotopic (exact) mass is 355 g/mol. The molecule has 23 heavy (non-hydrogen) atoms. The Hall–Kier alpha value is -0.610. The maximum absolute atomic E-state index is 5.78. The number of nitrogens with zero attached hydrogens (tertiary/aromatic N) is 1. The summed E-state index contributed by atoms with van der Waals surface area (Å²) in [6, 6.07) is 8.94. The summed E-state index contributed by atoms with van der Waals surface area (Å²) in [5.74, 6) is 0. The highest BCUT2D eigenvalue weighted by atomic mass is 35.5. The average Bonchev–Trinajstić information content (AvgIpc) is 3.01. The van der Waals surface area contributed by atoms with Crippen LogP contribution in [0, 0.1) is 0 Å². The standard InChI is InChI=1S/C19H29NOS.ClH/c1-3-20(4-2)12-6-5-7-13-21-14-10-17-8-9-19-18(16-17)11-15-22-19;/h8-9,11,15-16H,3-7,10,12-14H2,1-2H3;1H. The number of hydrogen-bond donors (Lipinski definition) is 0. The highest BCUT2D eigenvalue weighted by Gasteiger charge is 2.00. The quantitative estimate of drug-likeness (QED) is 0.501. The van der Waals surface area contributed by atoms with Crippen molar-refractivity contribution >= 4 is 33.8 Å². The summed E-state index contributed by atoms with van der Waals surface area (Å²) in [5.41, 5.74) is 1.38. The van der Waals surface area contributed by atoms with Crippen molar-refractivity contribution in [1.29, 1.82) is 0 Å². The Morgan fingerprint density at radius 3 is 2.61 bits per heavy atom. The molecule has 0 spiro atoms. The van der Waals surface area contributed by atoms with Gasteiger partial charge in [0.05, 0.1) is 6.61 Å². The minimum atomic E-state index is 0. The van der Waals surface area contributed by atoms with Crippen LogP contribution in [0.4, 0.5) is 0 Å². The molecule has 4 heteroatoms. The van der Waals surface area contributed by atoms with Crippen LogP contribution in [0.15, 0.2) is 29.6 Å². The Morgan fingerprint density at radius 2 is 1.83 bits per heavy atom. The normalized spacial score (nSPS) is 11.1. The van der Waals surface area contributed by atoms with E-state index in [9.17, 15) is 0 Å². The van der Waals surface area contributed by atoms with Crippen LogP contribution in [0.2, 0.25) is 0 Å². The smallest absolute Gasteiger partial charge is 0.0506 e. The Bertz CT molecular complexity index is 539. The summed E-state index contributed by atoms with van der Waals surface area (Å²) in [6.07, 6.45) is 4.77. The van der Waals surface area contributed by atoms with Crippen molar-refractivity contribution in [2.75, 3.05) is 32.8 Å². The molecule has 0 aliphatic rings. The first-order valence-corrected chi connectivity index (χ1v) is 9.47. The zero-order valence-electron chi connectivity index (χ0n) is 14.4. The number of benzene rings is 1. The zero-order chi connectivity index (χ0) is 15.6. The maximum Gasteiger partial charge on any atom is 0.0506 e. The molecule has 0 saturated heterocycles. The molecule has 0 bridgehead atoms. The molecule has 0 amide bonds. The predicted octanol–water partition coefficient (Wildman–Crippen LogP) is 5.39. The summed E-state index contributed by atoms with van der Waals surface area (Å²) in [7, 11) is 0. The van der Waals surface area contributed by atoms with Crippen LogP contribution >= 0.6 is 23.7 Å². The van der Waals surface area contributed by atoms with Crippen LogP contribution in [0.5, 0.6) is 0 Å². The van der Waals surface area contributed by atoms with Crippen LogP contribution in [0.25, 0.3) is 10.1 Å². The van der Waals surface area contributed by atoms with E-state index in [4.69, 9.17) is 4.74 Å². The van der Waals surface area contributed by atoms with E-state index in [2.05, 4.69) is 48.4 Å². The number of fused-ring (bicyclic) bond motifs is 1. The topological polar surface area (TPSA) is 12.5 Å². The third kappa shape index (κ3) is 7.21. The van der Waals surface area contributed by atoms with Crippen molar-refractivity contribution in [1.82, 2.24) is 4.90 Å². The summed E-state index contributed by atoms with van der Waals surface area (Å²) in [5, 5.41) is 3.52. The predicted molar refractivity (Wildman–Crippen MR) is 105 cm³/mol. The molecule has 2 aromatic rings. The zero-order valence-corrected chi connectivity index (χ0v) is 16.1. The summed E-state index contributed by atoms with van der Waals surface area (Å²) in [4.78, 5) is 2.49. The fourth-order valence-electron chi connectivity index (χ4n) is 2.72. The Kier molecular flexibility index (Phi) is 10.5. The van der Waals surface area contributed by atoms with Gasteiger partial charge < -0.3 is 9.64 Å². The molecule has 1 heterocycles. The van der Waals surface area contributed by atoms with Gasteiger partial charge in [0.2, 0.25) is 0 Å². The van der Waals surface area contributed by atoms with E-state index in [1.54, 1.807) is 11.3 Å². The first kappa shape index (κ1) is 20.4. The van der Waals surface area contributed by atoms with Gasteiger partial charge in [0.25, 0.3) is 0 Å². The summed E-state index contributed by atoms with van der Waals surface area (Å²) in [6.45, 7) is 9.78. The van der Waals surface area contributed by atoms with E-state index in [1.165, 1.54) is 54.5 Å². The number of rotatable bonds is 11. The second kappa shape index (κ2) is 11.9. The summed E-state index contributed by atoms with van der Waals surface area (Å²) >= 11 is 1.81. The molecule has 2 nitrogen and oxygen atoms in total. The number of thiophene rings is 1. The number of unbranched alkanes of at least 4 members (excludes halogenated alkanes) is 2. The van der Waals surface area contributed by atoms with Crippen LogP contribution in [-0.4, -0.2) is 37.7 Å². The minimum Gasteiger partial charge on any atom is -0.381 e. The van der Waals surface area contributed by atoms with Gasteiger partial charge in [0.15, 0.2) is 0 Å². The Morgan fingerprint density at radius 1 is 1.00 bits per heavy atom. The molecular formula is C19H30ClNOS. The molecule has 0 aliphatic heterocycles.